The third-order valence-electron chi connectivity index (χ3n) is 3.74. The van der Waals surface area contributed by atoms with E-state index < -0.39 is 0 Å². The third kappa shape index (κ3) is 3.34. The Morgan fingerprint density at radius 2 is 1.77 bits per heavy atom. The number of hydrogen-bond acceptors (Lipinski definition) is 1. The SMILES string of the molecule is O=C(Nc1ccc(F)cc1)N1CC=C(c2ccccc2)CC1. The Morgan fingerprint density at radius 1 is 1.05 bits per heavy atom. The first-order chi connectivity index (χ1) is 10.7. The monoisotopic (exact) mass is 296 g/mol. The van der Waals surface area contributed by atoms with Crippen molar-refractivity contribution in [3.63, 3.8) is 0 Å². The Hall–Kier alpha value is -2.62. The summed E-state index contributed by atoms with van der Waals surface area (Å²) < 4.78 is 12.9. The zero-order valence-electron chi connectivity index (χ0n) is 12.1. The van der Waals surface area contributed by atoms with Crippen molar-refractivity contribution < 1.29 is 9.18 Å². The number of halogens is 1. The maximum atomic E-state index is 12.9. The van der Waals surface area contributed by atoms with E-state index in [0.29, 0.717) is 18.8 Å². The van der Waals surface area contributed by atoms with Crippen LogP contribution < -0.4 is 5.32 Å². The number of urea groups is 1. The molecule has 0 unspecified atom stereocenters. The summed E-state index contributed by atoms with van der Waals surface area (Å²) in [5.41, 5.74) is 3.08. The van der Waals surface area contributed by atoms with Crippen molar-refractivity contribution in [3.05, 3.63) is 72.1 Å². The Labute approximate surface area is 129 Å². The van der Waals surface area contributed by atoms with E-state index in [1.165, 1.54) is 23.3 Å². The van der Waals surface area contributed by atoms with Gasteiger partial charge >= 0.3 is 6.03 Å². The molecule has 2 aromatic rings. The lowest BCUT2D eigenvalue weighted by Gasteiger charge is -2.26. The average Bonchev–Trinajstić information content (AvgIpc) is 2.58. The molecule has 0 saturated carbocycles. The molecule has 1 aliphatic heterocycles. The average molecular weight is 296 g/mol. The molecule has 0 atom stereocenters. The first-order valence-corrected chi connectivity index (χ1v) is 7.28. The van der Waals surface area contributed by atoms with Crippen LogP contribution in [0.4, 0.5) is 14.9 Å². The molecule has 2 aromatic carbocycles. The van der Waals surface area contributed by atoms with Crippen LogP contribution in [0.15, 0.2) is 60.7 Å². The molecule has 0 fully saturated rings. The first kappa shape index (κ1) is 14.3. The summed E-state index contributed by atoms with van der Waals surface area (Å²) in [6.07, 6.45) is 2.92. The number of benzene rings is 2. The Morgan fingerprint density at radius 3 is 2.41 bits per heavy atom. The molecule has 4 heteroatoms. The van der Waals surface area contributed by atoms with Gasteiger partial charge in [-0.25, -0.2) is 9.18 Å². The topological polar surface area (TPSA) is 32.3 Å². The highest BCUT2D eigenvalue weighted by Gasteiger charge is 2.17. The van der Waals surface area contributed by atoms with Gasteiger partial charge in [-0.15, -0.1) is 0 Å². The number of carbonyl (C=O) groups is 1. The molecule has 0 aliphatic carbocycles. The van der Waals surface area contributed by atoms with Crippen molar-refractivity contribution in [3.8, 4) is 0 Å². The standard InChI is InChI=1S/C18H17FN2O/c19-16-6-8-17(9-7-16)20-18(22)21-12-10-15(11-13-21)14-4-2-1-3-5-14/h1-10H,11-13H2,(H,20,22). The van der Waals surface area contributed by atoms with Crippen LogP contribution in [0.2, 0.25) is 0 Å². The zero-order chi connectivity index (χ0) is 15.4. The molecule has 0 bridgehead atoms. The lowest BCUT2D eigenvalue weighted by atomic mass is 10.00. The van der Waals surface area contributed by atoms with Crippen molar-refractivity contribution >= 4 is 17.3 Å². The largest absolute Gasteiger partial charge is 0.322 e. The molecule has 22 heavy (non-hydrogen) atoms. The molecule has 112 valence electrons. The van der Waals surface area contributed by atoms with E-state index in [2.05, 4.69) is 23.5 Å². The van der Waals surface area contributed by atoms with E-state index in [1.54, 1.807) is 17.0 Å². The van der Waals surface area contributed by atoms with Gasteiger partial charge in [-0.2, -0.15) is 0 Å². The third-order valence-corrected chi connectivity index (χ3v) is 3.74. The minimum Gasteiger partial charge on any atom is -0.320 e. The van der Waals surface area contributed by atoms with Crippen LogP contribution in [0.25, 0.3) is 5.57 Å². The molecule has 1 N–H and O–H groups in total. The van der Waals surface area contributed by atoms with Crippen molar-refractivity contribution in [2.24, 2.45) is 0 Å². The fourth-order valence-electron chi connectivity index (χ4n) is 2.50. The summed E-state index contributed by atoms with van der Waals surface area (Å²) in [5, 5.41) is 2.78. The molecule has 0 radical (unpaired) electrons. The van der Waals surface area contributed by atoms with Gasteiger partial charge in [-0.1, -0.05) is 36.4 Å². The molecule has 1 aliphatic rings. The summed E-state index contributed by atoms with van der Waals surface area (Å²) in [6.45, 7) is 1.25. The summed E-state index contributed by atoms with van der Waals surface area (Å²) >= 11 is 0. The molecule has 0 saturated heterocycles. The quantitative estimate of drug-likeness (QED) is 0.887. The summed E-state index contributed by atoms with van der Waals surface area (Å²) in [5.74, 6) is -0.314. The molecular formula is C18H17FN2O. The zero-order valence-corrected chi connectivity index (χ0v) is 12.1. The number of amides is 2. The van der Waals surface area contributed by atoms with Gasteiger partial charge in [0.05, 0.1) is 0 Å². The van der Waals surface area contributed by atoms with E-state index >= 15 is 0 Å². The van der Waals surface area contributed by atoms with Gasteiger partial charge in [0.15, 0.2) is 0 Å². The highest BCUT2D eigenvalue weighted by atomic mass is 19.1. The Kier molecular flexibility index (Phi) is 4.19. The molecule has 2 amide bonds. The van der Waals surface area contributed by atoms with Gasteiger partial charge in [0.2, 0.25) is 0 Å². The normalized spacial score (nSPS) is 14.4. The lowest BCUT2D eigenvalue weighted by molar-refractivity contribution is 0.217. The van der Waals surface area contributed by atoms with Crippen LogP contribution in [0, 0.1) is 5.82 Å². The maximum Gasteiger partial charge on any atom is 0.322 e. The molecular weight excluding hydrogens is 279 g/mol. The second-order valence-corrected chi connectivity index (χ2v) is 5.23. The van der Waals surface area contributed by atoms with E-state index in [4.69, 9.17) is 0 Å². The maximum absolute atomic E-state index is 12.9. The fraction of sp³-hybridized carbons (Fsp3) is 0.167. The van der Waals surface area contributed by atoms with Gasteiger partial charge in [0, 0.05) is 18.8 Å². The second kappa shape index (κ2) is 6.43. The molecule has 1 heterocycles. The van der Waals surface area contributed by atoms with Gasteiger partial charge in [-0.3, -0.25) is 0 Å². The first-order valence-electron chi connectivity index (χ1n) is 7.28. The number of anilines is 1. The molecule has 0 aromatic heterocycles. The molecule has 0 spiro atoms. The number of nitrogens with zero attached hydrogens (tertiary/aromatic N) is 1. The van der Waals surface area contributed by atoms with E-state index in [0.717, 1.165) is 6.42 Å². The van der Waals surface area contributed by atoms with Crippen LogP contribution in [-0.2, 0) is 0 Å². The summed E-state index contributed by atoms with van der Waals surface area (Å²) in [7, 11) is 0. The van der Waals surface area contributed by atoms with Crippen molar-refractivity contribution in [1.82, 2.24) is 4.90 Å². The number of nitrogens with one attached hydrogen (secondary N) is 1. The second-order valence-electron chi connectivity index (χ2n) is 5.23. The van der Waals surface area contributed by atoms with Gasteiger partial charge in [0.1, 0.15) is 5.82 Å². The fourth-order valence-corrected chi connectivity index (χ4v) is 2.50. The smallest absolute Gasteiger partial charge is 0.320 e. The highest BCUT2D eigenvalue weighted by Crippen LogP contribution is 2.22. The lowest BCUT2D eigenvalue weighted by Crippen LogP contribution is -2.37. The van der Waals surface area contributed by atoms with Crippen LogP contribution in [0.1, 0.15) is 12.0 Å². The van der Waals surface area contributed by atoms with Crippen molar-refractivity contribution in [2.45, 2.75) is 6.42 Å². The van der Waals surface area contributed by atoms with Crippen LogP contribution in [0.5, 0.6) is 0 Å². The Balaban J connectivity index is 1.62. The predicted octanol–water partition coefficient (Wildman–Crippen LogP) is 4.15. The highest BCUT2D eigenvalue weighted by molar-refractivity contribution is 5.90. The number of hydrogen-bond donors (Lipinski definition) is 1. The minimum atomic E-state index is -0.314. The number of carbonyl (C=O) groups excluding carboxylic acids is 1. The van der Waals surface area contributed by atoms with Gasteiger partial charge in [-0.05, 0) is 41.8 Å². The van der Waals surface area contributed by atoms with E-state index in [-0.39, 0.29) is 11.8 Å². The molecule has 3 nitrogen and oxygen atoms in total. The van der Waals surface area contributed by atoms with E-state index in [1.807, 2.05) is 18.2 Å². The molecule has 3 rings (SSSR count). The van der Waals surface area contributed by atoms with Crippen molar-refractivity contribution in [1.29, 1.82) is 0 Å². The minimum absolute atomic E-state index is 0.157. The van der Waals surface area contributed by atoms with Crippen molar-refractivity contribution in [2.75, 3.05) is 18.4 Å². The Bertz CT molecular complexity index is 680. The van der Waals surface area contributed by atoms with Gasteiger partial charge in [0.25, 0.3) is 0 Å². The summed E-state index contributed by atoms with van der Waals surface area (Å²) in [4.78, 5) is 13.9. The predicted molar refractivity (Wildman–Crippen MR) is 86.0 cm³/mol. The van der Waals surface area contributed by atoms with Gasteiger partial charge < -0.3 is 10.2 Å². The van der Waals surface area contributed by atoms with Crippen LogP contribution in [0.3, 0.4) is 0 Å². The van der Waals surface area contributed by atoms with Crippen LogP contribution in [-0.4, -0.2) is 24.0 Å². The summed E-state index contributed by atoms with van der Waals surface area (Å²) in [6, 6.07) is 15.8. The van der Waals surface area contributed by atoms with E-state index in [9.17, 15) is 9.18 Å². The number of rotatable bonds is 2. The van der Waals surface area contributed by atoms with Crippen LogP contribution >= 0.6 is 0 Å².